The molecule has 1 saturated heterocycles. The summed E-state index contributed by atoms with van der Waals surface area (Å²) in [6, 6.07) is 0.430. The van der Waals surface area contributed by atoms with Gasteiger partial charge in [-0.15, -0.1) is 5.10 Å². The highest BCUT2D eigenvalue weighted by molar-refractivity contribution is 5.91. The minimum Gasteiger partial charge on any atom is -0.333 e. The molecule has 0 spiro atoms. The topological polar surface area (TPSA) is 61.9 Å². The van der Waals surface area contributed by atoms with E-state index in [1.807, 2.05) is 4.90 Å². The van der Waals surface area contributed by atoms with Crippen LogP contribution in [0, 0.1) is 5.92 Å². The van der Waals surface area contributed by atoms with Crippen LogP contribution in [0.3, 0.4) is 0 Å². The number of hydrogen-bond acceptors (Lipinski definition) is 3. The van der Waals surface area contributed by atoms with Crippen LogP contribution in [0.1, 0.15) is 56.5 Å². The van der Waals surface area contributed by atoms with Gasteiger partial charge in [0.1, 0.15) is 5.82 Å². The standard InChI is InChI=1S/C13H20N4O/c1-13(2,3)12-14-10(15-16-12)11(18)17-7-8-4-5-9(17)6-8/h8-9H,4-7H2,1-3H3,(H,14,15,16). The van der Waals surface area contributed by atoms with E-state index in [0.717, 1.165) is 18.8 Å². The second-order valence-corrected chi connectivity index (χ2v) is 6.55. The van der Waals surface area contributed by atoms with Crippen molar-refractivity contribution in [1.29, 1.82) is 0 Å². The number of nitrogens with one attached hydrogen (secondary N) is 1. The molecular formula is C13H20N4O. The number of nitrogens with zero attached hydrogens (tertiary/aromatic N) is 3. The molecule has 1 amide bonds. The van der Waals surface area contributed by atoms with Crippen LogP contribution in [0.15, 0.2) is 0 Å². The first kappa shape index (κ1) is 11.7. The third kappa shape index (κ3) is 1.82. The largest absolute Gasteiger partial charge is 0.333 e. The van der Waals surface area contributed by atoms with Gasteiger partial charge in [-0.05, 0) is 25.2 Å². The molecule has 0 radical (unpaired) electrons. The van der Waals surface area contributed by atoms with Gasteiger partial charge in [-0.25, -0.2) is 4.98 Å². The van der Waals surface area contributed by atoms with Crippen molar-refractivity contribution in [2.45, 2.75) is 51.5 Å². The minimum absolute atomic E-state index is 0.00560. The van der Waals surface area contributed by atoms with Crippen molar-refractivity contribution in [3.05, 3.63) is 11.6 Å². The molecule has 2 aliphatic rings. The third-order valence-corrected chi connectivity index (χ3v) is 4.06. The van der Waals surface area contributed by atoms with Crippen molar-refractivity contribution in [2.75, 3.05) is 6.54 Å². The third-order valence-electron chi connectivity index (χ3n) is 4.06. The smallest absolute Gasteiger partial charge is 0.293 e. The number of amides is 1. The van der Waals surface area contributed by atoms with E-state index in [2.05, 4.69) is 36.0 Å². The predicted octanol–water partition coefficient (Wildman–Crippen LogP) is 1.73. The second kappa shape index (κ2) is 3.80. The molecule has 3 rings (SSSR count). The van der Waals surface area contributed by atoms with E-state index in [0.29, 0.717) is 17.8 Å². The van der Waals surface area contributed by atoms with Gasteiger partial charge in [-0.3, -0.25) is 9.89 Å². The van der Waals surface area contributed by atoms with Gasteiger partial charge in [-0.1, -0.05) is 20.8 Å². The highest BCUT2D eigenvalue weighted by Gasteiger charge is 2.41. The molecule has 2 heterocycles. The van der Waals surface area contributed by atoms with E-state index in [1.165, 1.54) is 12.8 Å². The van der Waals surface area contributed by atoms with Crippen molar-refractivity contribution in [3.8, 4) is 0 Å². The average molecular weight is 248 g/mol. The summed E-state index contributed by atoms with van der Waals surface area (Å²) in [4.78, 5) is 18.7. The van der Waals surface area contributed by atoms with E-state index in [1.54, 1.807) is 0 Å². The lowest BCUT2D eigenvalue weighted by Gasteiger charge is -2.25. The maximum Gasteiger partial charge on any atom is 0.293 e. The zero-order chi connectivity index (χ0) is 12.9. The van der Waals surface area contributed by atoms with Crippen LogP contribution < -0.4 is 0 Å². The summed E-state index contributed by atoms with van der Waals surface area (Å²) in [7, 11) is 0. The van der Waals surface area contributed by atoms with Gasteiger partial charge in [-0.2, -0.15) is 0 Å². The zero-order valence-corrected chi connectivity index (χ0v) is 11.2. The normalized spacial score (nSPS) is 26.9. The molecule has 1 saturated carbocycles. The molecule has 1 aromatic heterocycles. The van der Waals surface area contributed by atoms with Crippen molar-refractivity contribution in [2.24, 2.45) is 5.92 Å². The predicted molar refractivity (Wildman–Crippen MR) is 67.2 cm³/mol. The number of carbonyl (C=O) groups is 1. The number of fused-ring (bicyclic) bond motifs is 2. The fraction of sp³-hybridized carbons (Fsp3) is 0.769. The Balaban J connectivity index is 1.79. The molecule has 18 heavy (non-hydrogen) atoms. The second-order valence-electron chi connectivity index (χ2n) is 6.55. The molecule has 0 aromatic carbocycles. The minimum atomic E-state index is -0.102. The molecule has 1 aliphatic carbocycles. The Hall–Kier alpha value is -1.39. The Morgan fingerprint density at radius 3 is 2.67 bits per heavy atom. The molecule has 1 N–H and O–H groups in total. The van der Waals surface area contributed by atoms with Crippen LogP contribution in [0.4, 0.5) is 0 Å². The average Bonchev–Trinajstić information content (AvgIpc) is 3.02. The number of piperidine rings is 1. The van der Waals surface area contributed by atoms with Gasteiger partial charge in [0.25, 0.3) is 5.91 Å². The molecular weight excluding hydrogens is 228 g/mol. The monoisotopic (exact) mass is 248 g/mol. The van der Waals surface area contributed by atoms with Crippen LogP contribution in [-0.4, -0.2) is 38.6 Å². The Labute approximate surface area is 107 Å². The Morgan fingerprint density at radius 1 is 1.39 bits per heavy atom. The van der Waals surface area contributed by atoms with Crippen LogP contribution >= 0.6 is 0 Å². The summed E-state index contributed by atoms with van der Waals surface area (Å²) in [5.41, 5.74) is -0.102. The van der Waals surface area contributed by atoms with Gasteiger partial charge in [0.15, 0.2) is 0 Å². The Bertz CT molecular complexity index is 474. The zero-order valence-electron chi connectivity index (χ0n) is 11.2. The first-order valence-electron chi connectivity index (χ1n) is 6.69. The molecule has 1 aromatic rings. The van der Waals surface area contributed by atoms with Gasteiger partial charge in [0.2, 0.25) is 5.82 Å². The summed E-state index contributed by atoms with van der Waals surface area (Å²) in [5.74, 6) is 1.80. The van der Waals surface area contributed by atoms with E-state index in [4.69, 9.17) is 0 Å². The number of aromatic amines is 1. The van der Waals surface area contributed by atoms with Crippen LogP contribution in [0.25, 0.3) is 0 Å². The quantitative estimate of drug-likeness (QED) is 0.823. The number of carbonyl (C=O) groups excluding carboxylic acids is 1. The number of hydrogen-bond donors (Lipinski definition) is 1. The Kier molecular flexibility index (Phi) is 2.47. The summed E-state index contributed by atoms with van der Waals surface area (Å²) < 4.78 is 0. The van der Waals surface area contributed by atoms with Crippen molar-refractivity contribution in [3.63, 3.8) is 0 Å². The maximum absolute atomic E-state index is 12.4. The molecule has 2 fully saturated rings. The highest BCUT2D eigenvalue weighted by atomic mass is 16.2. The van der Waals surface area contributed by atoms with Crippen LogP contribution in [0.2, 0.25) is 0 Å². The number of aromatic nitrogens is 3. The fourth-order valence-electron chi connectivity index (χ4n) is 2.99. The van der Waals surface area contributed by atoms with Crippen molar-refractivity contribution >= 4 is 5.91 Å². The molecule has 5 heteroatoms. The number of likely N-dealkylation sites (tertiary alicyclic amines) is 1. The van der Waals surface area contributed by atoms with Gasteiger partial charge in [0.05, 0.1) is 0 Å². The first-order valence-corrected chi connectivity index (χ1v) is 6.69. The number of H-pyrrole nitrogens is 1. The van der Waals surface area contributed by atoms with E-state index in [-0.39, 0.29) is 11.3 Å². The summed E-state index contributed by atoms with van der Waals surface area (Å²) in [5, 5.41) is 6.97. The van der Waals surface area contributed by atoms with Crippen LogP contribution in [-0.2, 0) is 5.41 Å². The lowest BCUT2D eigenvalue weighted by molar-refractivity contribution is 0.0691. The first-order chi connectivity index (χ1) is 8.45. The van der Waals surface area contributed by atoms with Gasteiger partial charge in [0, 0.05) is 18.0 Å². The van der Waals surface area contributed by atoms with Crippen LogP contribution in [0.5, 0.6) is 0 Å². The SMILES string of the molecule is CC(C)(C)c1nc(C(=O)N2CC3CCC2C3)n[nH]1. The summed E-state index contributed by atoms with van der Waals surface area (Å²) in [6.45, 7) is 7.06. The van der Waals surface area contributed by atoms with Crippen molar-refractivity contribution in [1.82, 2.24) is 20.1 Å². The lowest BCUT2D eigenvalue weighted by atomic mass is 9.96. The molecule has 1 aliphatic heterocycles. The fourth-order valence-corrected chi connectivity index (χ4v) is 2.99. The van der Waals surface area contributed by atoms with E-state index in [9.17, 15) is 4.79 Å². The van der Waals surface area contributed by atoms with E-state index < -0.39 is 0 Å². The number of rotatable bonds is 1. The summed E-state index contributed by atoms with van der Waals surface area (Å²) >= 11 is 0. The molecule has 2 bridgehead atoms. The summed E-state index contributed by atoms with van der Waals surface area (Å²) in [6.07, 6.45) is 3.59. The highest BCUT2D eigenvalue weighted by Crippen LogP contribution is 2.37. The van der Waals surface area contributed by atoms with Gasteiger partial charge >= 0.3 is 0 Å². The lowest BCUT2D eigenvalue weighted by Crippen LogP contribution is -2.38. The van der Waals surface area contributed by atoms with Gasteiger partial charge < -0.3 is 4.90 Å². The molecule has 5 nitrogen and oxygen atoms in total. The van der Waals surface area contributed by atoms with Crippen molar-refractivity contribution < 1.29 is 4.79 Å². The molecule has 2 unspecified atom stereocenters. The molecule has 2 atom stereocenters. The molecule has 98 valence electrons. The Morgan fingerprint density at radius 2 is 2.17 bits per heavy atom. The maximum atomic E-state index is 12.4. The van der Waals surface area contributed by atoms with E-state index >= 15 is 0 Å².